The fraction of sp³-hybridized carbons (Fsp3) is 0.333. The zero-order valence-corrected chi connectivity index (χ0v) is 20.6. The van der Waals surface area contributed by atoms with E-state index in [2.05, 4.69) is 22.0 Å². The van der Waals surface area contributed by atoms with Gasteiger partial charge in [0.25, 0.3) is 5.91 Å². The van der Waals surface area contributed by atoms with Crippen LogP contribution in [0.2, 0.25) is 5.02 Å². The third-order valence-electron chi connectivity index (χ3n) is 7.64. The Balaban J connectivity index is 1.43. The van der Waals surface area contributed by atoms with Crippen molar-refractivity contribution in [2.24, 2.45) is 0 Å². The predicted molar refractivity (Wildman–Crippen MR) is 134 cm³/mol. The Kier molecular flexibility index (Phi) is 5.35. The van der Waals surface area contributed by atoms with Crippen LogP contribution in [0.5, 0.6) is 5.75 Å². The van der Waals surface area contributed by atoms with Gasteiger partial charge in [-0.3, -0.25) is 19.5 Å². The van der Waals surface area contributed by atoms with Gasteiger partial charge in [-0.05, 0) is 48.7 Å². The molecule has 2 N–H and O–H groups in total. The molecule has 3 aliphatic heterocycles. The van der Waals surface area contributed by atoms with E-state index in [9.17, 15) is 19.1 Å². The maximum Gasteiger partial charge on any atom is 0.328 e. The second-order valence-corrected chi connectivity index (χ2v) is 10.4. The quantitative estimate of drug-likeness (QED) is 0.390. The highest BCUT2D eigenvalue weighted by molar-refractivity contribution is 6.31. The number of hydrogen-bond acceptors (Lipinski definition) is 4. The molecule has 0 bridgehead atoms. The highest BCUT2D eigenvalue weighted by Gasteiger charge is 2.60. The number of aromatic nitrogens is 1. The normalized spacial score (nSPS) is 23.7. The second-order valence-electron chi connectivity index (χ2n) is 9.97. The first-order chi connectivity index (χ1) is 17.3. The van der Waals surface area contributed by atoms with Crippen molar-refractivity contribution in [1.82, 2.24) is 19.7 Å². The third-order valence-corrected chi connectivity index (χ3v) is 7.93. The highest BCUT2D eigenvalue weighted by atomic mass is 35.5. The lowest BCUT2D eigenvalue weighted by Gasteiger charge is -2.42. The Bertz CT molecular complexity index is 1430. The van der Waals surface area contributed by atoms with Crippen molar-refractivity contribution in [2.45, 2.75) is 31.3 Å². The molecule has 4 heterocycles. The number of fused-ring (bicyclic) bond motifs is 4. The highest BCUT2D eigenvalue weighted by Crippen LogP contribution is 2.49. The van der Waals surface area contributed by atoms with Crippen LogP contribution in [0.3, 0.4) is 0 Å². The van der Waals surface area contributed by atoms with E-state index < -0.39 is 17.4 Å². The minimum absolute atomic E-state index is 0.00218. The molecule has 6 rings (SSSR count). The number of carbonyl (C=O) groups is 2. The van der Waals surface area contributed by atoms with Gasteiger partial charge in [0.05, 0.1) is 5.02 Å². The van der Waals surface area contributed by atoms with Gasteiger partial charge >= 0.3 is 6.03 Å². The van der Waals surface area contributed by atoms with Crippen molar-refractivity contribution >= 4 is 34.4 Å². The van der Waals surface area contributed by atoms with Crippen LogP contribution in [0.1, 0.15) is 36.2 Å². The minimum atomic E-state index is -1.13. The predicted octanol–water partition coefficient (Wildman–Crippen LogP) is 4.60. The number of carbonyl (C=O) groups excluding carboxylic acids is 2. The van der Waals surface area contributed by atoms with E-state index in [1.807, 2.05) is 6.07 Å². The van der Waals surface area contributed by atoms with E-state index in [0.717, 1.165) is 30.6 Å². The molecular formula is C27H26ClFN4O3. The molecule has 0 unspecified atom stereocenters. The monoisotopic (exact) mass is 508 g/mol. The molecule has 0 spiro atoms. The van der Waals surface area contributed by atoms with E-state index in [-0.39, 0.29) is 29.1 Å². The first-order valence-corrected chi connectivity index (χ1v) is 12.5. The van der Waals surface area contributed by atoms with Gasteiger partial charge in [0, 0.05) is 49.2 Å². The molecule has 3 aromatic rings. The van der Waals surface area contributed by atoms with Crippen molar-refractivity contribution in [3.05, 3.63) is 76.2 Å². The van der Waals surface area contributed by atoms with Crippen molar-refractivity contribution in [3.8, 4) is 5.75 Å². The summed E-state index contributed by atoms with van der Waals surface area (Å²) in [6.07, 6.45) is 5.19. The van der Waals surface area contributed by atoms with E-state index in [4.69, 9.17) is 11.6 Å². The number of imide groups is 1. The number of halogens is 2. The van der Waals surface area contributed by atoms with Gasteiger partial charge in [-0.2, -0.15) is 0 Å². The molecular weight excluding hydrogens is 483 g/mol. The number of phenols is 1. The molecule has 7 nitrogen and oxygen atoms in total. The lowest BCUT2D eigenvalue weighted by atomic mass is 9.81. The lowest BCUT2D eigenvalue weighted by molar-refractivity contribution is -0.133. The third kappa shape index (κ3) is 3.43. The van der Waals surface area contributed by atoms with Crippen molar-refractivity contribution < 1.29 is 19.1 Å². The number of H-pyrrole nitrogens is 1. The first kappa shape index (κ1) is 23.1. The molecule has 3 aliphatic rings. The SMILES string of the molecule is C[C@@]12Cc3c([nH]c4cc(F)c(Cl)cc34)[C@@H](c3cccc(O)c3)N1C(=O)N(CCCN1CC=CC1)C2=O. The molecule has 1 fully saturated rings. The molecule has 0 radical (unpaired) electrons. The summed E-state index contributed by atoms with van der Waals surface area (Å²) in [5.74, 6) is -0.735. The number of nitrogens with one attached hydrogen (secondary N) is 1. The zero-order chi connectivity index (χ0) is 25.2. The molecule has 1 saturated heterocycles. The first-order valence-electron chi connectivity index (χ1n) is 12.1. The molecule has 36 heavy (non-hydrogen) atoms. The van der Waals surface area contributed by atoms with E-state index in [0.29, 0.717) is 29.7 Å². The van der Waals surface area contributed by atoms with Crippen LogP contribution in [-0.2, 0) is 11.2 Å². The van der Waals surface area contributed by atoms with Gasteiger partial charge in [0.1, 0.15) is 23.1 Å². The number of phenolic OH excluding ortho intramolecular Hbond substituents is 1. The smallest absolute Gasteiger partial charge is 0.328 e. The Labute approximate surface area is 212 Å². The fourth-order valence-electron chi connectivity index (χ4n) is 5.91. The number of hydrogen-bond donors (Lipinski definition) is 2. The van der Waals surface area contributed by atoms with Gasteiger partial charge in [0.15, 0.2) is 0 Å². The van der Waals surface area contributed by atoms with Gasteiger partial charge < -0.3 is 10.1 Å². The lowest BCUT2D eigenvalue weighted by Crippen LogP contribution is -2.53. The van der Waals surface area contributed by atoms with Crippen LogP contribution in [0.25, 0.3) is 10.9 Å². The van der Waals surface area contributed by atoms with Crippen LogP contribution in [0.15, 0.2) is 48.6 Å². The second kappa shape index (κ2) is 8.35. The number of rotatable bonds is 5. The van der Waals surface area contributed by atoms with E-state index >= 15 is 0 Å². The summed E-state index contributed by atoms with van der Waals surface area (Å²) in [6, 6.07) is 8.58. The van der Waals surface area contributed by atoms with Crippen LogP contribution in [0, 0.1) is 5.82 Å². The van der Waals surface area contributed by atoms with Crippen LogP contribution in [0.4, 0.5) is 9.18 Å². The van der Waals surface area contributed by atoms with E-state index in [1.165, 1.54) is 11.0 Å². The molecule has 9 heteroatoms. The van der Waals surface area contributed by atoms with Gasteiger partial charge in [0.2, 0.25) is 0 Å². The zero-order valence-electron chi connectivity index (χ0n) is 19.8. The molecule has 3 amide bonds. The summed E-state index contributed by atoms with van der Waals surface area (Å²) in [4.78, 5) is 36.2. The molecule has 0 aliphatic carbocycles. The molecule has 186 valence electrons. The summed E-state index contributed by atoms with van der Waals surface area (Å²) in [5.41, 5.74) is 1.59. The Morgan fingerprint density at radius 3 is 2.69 bits per heavy atom. The van der Waals surface area contributed by atoms with Crippen LogP contribution in [-0.4, -0.2) is 68.4 Å². The largest absolute Gasteiger partial charge is 0.508 e. The minimum Gasteiger partial charge on any atom is -0.508 e. The van der Waals surface area contributed by atoms with Gasteiger partial charge in [-0.25, -0.2) is 9.18 Å². The number of benzene rings is 2. The summed E-state index contributed by atoms with van der Waals surface area (Å²) >= 11 is 6.12. The Morgan fingerprint density at radius 1 is 1.17 bits per heavy atom. The molecule has 0 saturated carbocycles. The maximum atomic E-state index is 14.3. The molecule has 2 atom stereocenters. The maximum absolute atomic E-state index is 14.3. The topological polar surface area (TPSA) is 79.9 Å². The van der Waals surface area contributed by atoms with Crippen molar-refractivity contribution in [2.75, 3.05) is 26.2 Å². The summed E-state index contributed by atoms with van der Waals surface area (Å²) in [7, 11) is 0. The summed E-state index contributed by atoms with van der Waals surface area (Å²) in [5, 5.41) is 11.0. The number of urea groups is 1. The van der Waals surface area contributed by atoms with Crippen LogP contribution < -0.4 is 0 Å². The number of nitrogens with zero attached hydrogens (tertiary/aromatic N) is 3. The summed E-state index contributed by atoms with van der Waals surface area (Å²) < 4.78 is 14.3. The number of amides is 3. The average Bonchev–Trinajstić information content (AvgIpc) is 3.52. The Hall–Kier alpha value is -3.36. The average molecular weight is 509 g/mol. The fourth-order valence-corrected chi connectivity index (χ4v) is 6.07. The molecule has 2 aromatic carbocycles. The standard InChI is InChI=1S/C27H26ClFN4O3/c1-27-15-19-18-13-20(28)21(29)14-22(18)30-23(19)24(16-6-4-7-17(34)12-16)33(27)26(36)32(25(27)35)11-5-10-31-8-2-3-9-31/h2-4,6-7,12-14,24,30,34H,5,8-11,15H2,1H3/t24-,27+/m1/s1. The molecule has 1 aromatic heterocycles. The van der Waals surface area contributed by atoms with Crippen molar-refractivity contribution in [1.29, 1.82) is 0 Å². The Morgan fingerprint density at radius 2 is 1.94 bits per heavy atom. The number of aromatic hydroxyl groups is 1. The van der Waals surface area contributed by atoms with Gasteiger partial charge in [-0.15, -0.1) is 0 Å². The van der Waals surface area contributed by atoms with Crippen molar-refractivity contribution in [3.63, 3.8) is 0 Å². The van der Waals surface area contributed by atoms with E-state index in [1.54, 1.807) is 36.1 Å². The number of aromatic amines is 1. The van der Waals surface area contributed by atoms with Crippen LogP contribution >= 0.6 is 11.6 Å². The van der Waals surface area contributed by atoms with Gasteiger partial charge in [-0.1, -0.05) is 35.9 Å². The summed E-state index contributed by atoms with van der Waals surface area (Å²) in [6.45, 7) is 4.69.